The predicted molar refractivity (Wildman–Crippen MR) is 61.5 cm³/mol. The summed E-state index contributed by atoms with van der Waals surface area (Å²) in [6, 6.07) is 5.37. The van der Waals surface area contributed by atoms with Crippen LogP contribution in [-0.2, 0) is 0 Å². The van der Waals surface area contributed by atoms with Crippen LogP contribution in [-0.4, -0.2) is 0 Å². The van der Waals surface area contributed by atoms with Crippen molar-refractivity contribution in [2.24, 2.45) is 0 Å². The molecule has 0 atom stereocenters. The average Bonchev–Trinajstić information content (AvgIpc) is 2.80. The van der Waals surface area contributed by atoms with Gasteiger partial charge in [0.05, 0.1) is 18.6 Å². The van der Waals surface area contributed by atoms with Gasteiger partial charge in [0, 0.05) is 12.1 Å². The average molecular weight is 213 g/mol. The van der Waals surface area contributed by atoms with Gasteiger partial charge in [0.2, 0.25) is 0 Å². The monoisotopic (exact) mass is 213 g/mol. The number of allylic oxidation sites excluding steroid dienone is 7. The Morgan fingerprint density at radius 1 is 1.12 bits per heavy atom. The molecule has 0 spiro atoms. The van der Waals surface area contributed by atoms with Gasteiger partial charge in [-0.1, -0.05) is 30.4 Å². The van der Waals surface area contributed by atoms with E-state index in [1.165, 1.54) is 12.3 Å². The number of ether oxygens (including phenoxy) is 1. The van der Waals surface area contributed by atoms with Crippen molar-refractivity contribution in [1.29, 1.82) is 5.26 Å². The minimum absolute atomic E-state index is 0.456. The van der Waals surface area contributed by atoms with Crippen LogP contribution in [0.1, 0.15) is 0 Å². The summed E-state index contributed by atoms with van der Waals surface area (Å²) < 4.78 is 10.1. The largest absolute Gasteiger partial charge is 0.434 e. The number of nitriles is 1. The van der Waals surface area contributed by atoms with E-state index in [9.17, 15) is 0 Å². The van der Waals surface area contributed by atoms with Gasteiger partial charge < -0.3 is 9.15 Å². The third-order valence-corrected chi connectivity index (χ3v) is 1.48. The number of rotatable bonds is 5. The summed E-state index contributed by atoms with van der Waals surface area (Å²) in [6.45, 7) is 0. The van der Waals surface area contributed by atoms with Crippen molar-refractivity contribution in [3.05, 3.63) is 67.2 Å². The molecule has 0 saturated carbocycles. The van der Waals surface area contributed by atoms with E-state index in [1.807, 2.05) is 18.2 Å². The van der Waals surface area contributed by atoms with E-state index in [4.69, 9.17) is 14.4 Å². The first kappa shape index (κ1) is 11.6. The predicted octanol–water partition coefficient (Wildman–Crippen LogP) is 3.36. The van der Waals surface area contributed by atoms with Crippen molar-refractivity contribution >= 4 is 0 Å². The van der Waals surface area contributed by atoms with Gasteiger partial charge in [-0.15, -0.1) is 0 Å². The van der Waals surface area contributed by atoms with Crippen LogP contribution < -0.4 is 4.74 Å². The quantitative estimate of drug-likeness (QED) is 0.428. The third kappa shape index (κ3) is 5.30. The Kier molecular flexibility index (Phi) is 5.72. The molecule has 0 fully saturated rings. The smallest absolute Gasteiger partial charge is 0.289 e. The maximum Gasteiger partial charge on any atom is 0.289 e. The molecule has 0 aliphatic carbocycles. The van der Waals surface area contributed by atoms with Crippen molar-refractivity contribution in [3.8, 4) is 12.0 Å². The molecule has 0 radical (unpaired) electrons. The van der Waals surface area contributed by atoms with E-state index >= 15 is 0 Å². The summed E-state index contributed by atoms with van der Waals surface area (Å²) in [7, 11) is 0. The standard InChI is InChI=1S/C13H11NO2/c14-10-6-4-2-1-3-5-7-11-15-13-9-8-12-16-13/h1-9,11-12H. The molecule has 0 aliphatic heterocycles. The summed E-state index contributed by atoms with van der Waals surface area (Å²) in [5, 5.41) is 8.20. The third-order valence-electron chi connectivity index (χ3n) is 1.48. The van der Waals surface area contributed by atoms with E-state index in [0.29, 0.717) is 5.95 Å². The fourth-order valence-electron chi connectivity index (χ4n) is 0.837. The molecule has 0 unspecified atom stereocenters. The molecule has 3 heteroatoms. The molecule has 80 valence electrons. The highest BCUT2D eigenvalue weighted by Gasteiger charge is 1.88. The Morgan fingerprint density at radius 3 is 2.56 bits per heavy atom. The van der Waals surface area contributed by atoms with Crippen LogP contribution in [0, 0.1) is 11.3 Å². The van der Waals surface area contributed by atoms with E-state index in [-0.39, 0.29) is 0 Å². The van der Waals surface area contributed by atoms with Crippen molar-refractivity contribution in [2.75, 3.05) is 0 Å². The van der Waals surface area contributed by atoms with Crippen molar-refractivity contribution in [2.45, 2.75) is 0 Å². The molecule has 0 aliphatic rings. The van der Waals surface area contributed by atoms with Crippen LogP contribution in [0.4, 0.5) is 0 Å². The first-order chi connectivity index (χ1) is 7.93. The molecule has 1 rings (SSSR count). The van der Waals surface area contributed by atoms with Crippen LogP contribution in [0.25, 0.3) is 0 Å². The molecule has 0 aromatic carbocycles. The first-order valence-corrected chi connectivity index (χ1v) is 4.68. The van der Waals surface area contributed by atoms with E-state index in [2.05, 4.69) is 0 Å². The molecule has 1 aromatic heterocycles. The molecule has 0 N–H and O–H groups in total. The van der Waals surface area contributed by atoms with E-state index < -0.39 is 0 Å². The van der Waals surface area contributed by atoms with Crippen LogP contribution in [0.2, 0.25) is 0 Å². The minimum Gasteiger partial charge on any atom is -0.434 e. The molecular formula is C13H11NO2. The number of hydrogen-bond donors (Lipinski definition) is 0. The number of furan rings is 1. The zero-order chi connectivity index (χ0) is 11.5. The second-order valence-corrected chi connectivity index (χ2v) is 2.64. The maximum atomic E-state index is 8.20. The van der Waals surface area contributed by atoms with Gasteiger partial charge in [-0.3, -0.25) is 0 Å². The second kappa shape index (κ2) is 7.89. The Bertz CT molecular complexity index is 431. The lowest BCUT2D eigenvalue weighted by Gasteiger charge is -1.89. The molecule has 3 nitrogen and oxygen atoms in total. The van der Waals surface area contributed by atoms with E-state index in [0.717, 1.165) is 0 Å². The summed E-state index contributed by atoms with van der Waals surface area (Å²) in [4.78, 5) is 0. The van der Waals surface area contributed by atoms with Crippen LogP contribution in [0.3, 0.4) is 0 Å². The van der Waals surface area contributed by atoms with E-state index in [1.54, 1.807) is 42.7 Å². The Hall–Kier alpha value is -2.47. The maximum absolute atomic E-state index is 8.20. The molecule has 1 heterocycles. The normalized spacial score (nSPS) is 11.9. The van der Waals surface area contributed by atoms with Crippen LogP contribution >= 0.6 is 0 Å². The highest BCUT2D eigenvalue weighted by atomic mass is 16.6. The molecule has 16 heavy (non-hydrogen) atoms. The molecule has 0 amide bonds. The topological polar surface area (TPSA) is 46.2 Å². The highest BCUT2D eigenvalue weighted by molar-refractivity contribution is 5.18. The lowest BCUT2D eigenvalue weighted by atomic mass is 10.4. The lowest BCUT2D eigenvalue weighted by Crippen LogP contribution is -1.75. The molecule has 1 aromatic rings. The molecule has 0 bridgehead atoms. The first-order valence-electron chi connectivity index (χ1n) is 4.68. The SMILES string of the molecule is N#CC=CC=CC=CC=COc1ccco1. The van der Waals surface area contributed by atoms with Gasteiger partial charge in [-0.05, 0) is 12.1 Å². The Morgan fingerprint density at radius 2 is 1.88 bits per heavy atom. The summed E-state index contributed by atoms with van der Waals surface area (Å²) >= 11 is 0. The molecular weight excluding hydrogens is 202 g/mol. The summed E-state index contributed by atoms with van der Waals surface area (Å²) in [5.41, 5.74) is 0. The fourth-order valence-corrected chi connectivity index (χ4v) is 0.837. The minimum atomic E-state index is 0.456. The van der Waals surface area contributed by atoms with Gasteiger partial charge in [0.15, 0.2) is 0 Å². The Labute approximate surface area is 94.3 Å². The van der Waals surface area contributed by atoms with Gasteiger partial charge >= 0.3 is 0 Å². The molecule has 0 saturated heterocycles. The lowest BCUT2D eigenvalue weighted by molar-refractivity contribution is 0.345. The summed E-state index contributed by atoms with van der Waals surface area (Å²) in [5.74, 6) is 0.456. The number of nitrogens with zero attached hydrogens (tertiary/aromatic N) is 1. The van der Waals surface area contributed by atoms with Crippen molar-refractivity contribution < 1.29 is 9.15 Å². The Balaban J connectivity index is 2.21. The zero-order valence-corrected chi connectivity index (χ0v) is 8.61. The van der Waals surface area contributed by atoms with Crippen molar-refractivity contribution in [3.63, 3.8) is 0 Å². The van der Waals surface area contributed by atoms with Crippen LogP contribution in [0.5, 0.6) is 5.95 Å². The van der Waals surface area contributed by atoms with Gasteiger partial charge in [-0.2, -0.15) is 5.26 Å². The highest BCUT2D eigenvalue weighted by Crippen LogP contribution is 2.09. The zero-order valence-electron chi connectivity index (χ0n) is 8.61. The number of hydrogen-bond acceptors (Lipinski definition) is 3. The van der Waals surface area contributed by atoms with Gasteiger partial charge in [0.25, 0.3) is 5.95 Å². The van der Waals surface area contributed by atoms with Gasteiger partial charge in [0.1, 0.15) is 0 Å². The second-order valence-electron chi connectivity index (χ2n) is 2.64. The summed E-state index contributed by atoms with van der Waals surface area (Å²) in [6.07, 6.45) is 15.1. The fraction of sp³-hybridized carbons (Fsp3) is 0. The van der Waals surface area contributed by atoms with Gasteiger partial charge in [-0.25, -0.2) is 0 Å². The van der Waals surface area contributed by atoms with Crippen LogP contribution in [0.15, 0.2) is 71.6 Å². The van der Waals surface area contributed by atoms with Crippen molar-refractivity contribution in [1.82, 2.24) is 0 Å².